The summed E-state index contributed by atoms with van der Waals surface area (Å²) >= 11 is 0. The number of carbonyl (C=O) groups is 1. The van der Waals surface area contributed by atoms with Crippen molar-refractivity contribution < 1.29 is 4.79 Å². The van der Waals surface area contributed by atoms with Gasteiger partial charge in [0.15, 0.2) is 0 Å². The second kappa shape index (κ2) is 4.51. The summed E-state index contributed by atoms with van der Waals surface area (Å²) in [6.45, 7) is 2.21. The van der Waals surface area contributed by atoms with E-state index in [1.165, 1.54) is 6.42 Å². The molecule has 3 N–H and O–H groups in total. The van der Waals surface area contributed by atoms with E-state index in [0.29, 0.717) is 23.3 Å². The largest absolute Gasteiger partial charge is 0.399 e. The van der Waals surface area contributed by atoms with Gasteiger partial charge in [0.2, 0.25) is 0 Å². The van der Waals surface area contributed by atoms with Crippen molar-refractivity contribution in [1.82, 2.24) is 10.3 Å². The third kappa shape index (κ3) is 2.51. The molecule has 1 aromatic rings. The lowest BCUT2D eigenvalue weighted by Crippen LogP contribution is -2.33. The molecule has 1 aromatic heterocycles. The zero-order chi connectivity index (χ0) is 11.5. The topological polar surface area (TPSA) is 68.0 Å². The first-order chi connectivity index (χ1) is 7.65. The van der Waals surface area contributed by atoms with Crippen molar-refractivity contribution in [3.63, 3.8) is 0 Å². The number of hydrogen-bond acceptors (Lipinski definition) is 3. The highest BCUT2D eigenvalue weighted by molar-refractivity contribution is 5.93. The van der Waals surface area contributed by atoms with Crippen LogP contribution in [0.4, 0.5) is 5.69 Å². The van der Waals surface area contributed by atoms with E-state index in [2.05, 4.69) is 17.2 Å². The summed E-state index contributed by atoms with van der Waals surface area (Å²) in [5.41, 5.74) is 6.58. The Morgan fingerprint density at radius 2 is 2.38 bits per heavy atom. The minimum absolute atomic E-state index is 0.119. The highest BCUT2D eigenvalue weighted by Crippen LogP contribution is 2.24. The number of carbonyl (C=O) groups excluding carboxylic acids is 1. The molecule has 2 unspecified atom stereocenters. The van der Waals surface area contributed by atoms with Crippen LogP contribution < -0.4 is 11.1 Å². The summed E-state index contributed by atoms with van der Waals surface area (Å²) in [4.78, 5) is 15.8. The van der Waals surface area contributed by atoms with Gasteiger partial charge in [-0.1, -0.05) is 6.92 Å². The number of rotatable bonds is 2. The molecule has 0 spiro atoms. The number of hydrogen-bond donors (Lipinski definition) is 2. The molecule has 86 valence electrons. The van der Waals surface area contributed by atoms with Gasteiger partial charge in [-0.15, -0.1) is 0 Å². The molecule has 0 aliphatic heterocycles. The molecule has 2 atom stereocenters. The number of nitrogen functional groups attached to an aromatic ring is 1. The van der Waals surface area contributed by atoms with E-state index in [-0.39, 0.29) is 5.91 Å². The molecule has 0 aromatic carbocycles. The quantitative estimate of drug-likeness (QED) is 0.793. The maximum absolute atomic E-state index is 11.8. The summed E-state index contributed by atoms with van der Waals surface area (Å²) in [5, 5.41) is 3.00. The lowest BCUT2D eigenvalue weighted by atomic mass is 10.1. The molecule has 4 heteroatoms. The van der Waals surface area contributed by atoms with Crippen LogP contribution in [0.5, 0.6) is 0 Å². The number of nitrogens with one attached hydrogen (secondary N) is 1. The first-order valence-electron chi connectivity index (χ1n) is 5.67. The lowest BCUT2D eigenvalue weighted by Gasteiger charge is -2.11. The Morgan fingerprint density at radius 1 is 1.56 bits per heavy atom. The Bertz CT molecular complexity index is 392. The fourth-order valence-corrected chi connectivity index (χ4v) is 2.17. The second-order valence-electron chi connectivity index (χ2n) is 4.56. The Labute approximate surface area is 95.3 Å². The van der Waals surface area contributed by atoms with Crippen LogP contribution in [-0.4, -0.2) is 16.9 Å². The van der Waals surface area contributed by atoms with E-state index in [9.17, 15) is 4.79 Å². The zero-order valence-electron chi connectivity index (χ0n) is 9.44. The highest BCUT2D eigenvalue weighted by Gasteiger charge is 2.23. The molecule has 4 nitrogen and oxygen atoms in total. The molecule has 0 saturated heterocycles. The number of nitrogens with zero attached hydrogens (tertiary/aromatic N) is 1. The third-order valence-corrected chi connectivity index (χ3v) is 3.05. The van der Waals surface area contributed by atoms with Crippen molar-refractivity contribution in [1.29, 1.82) is 0 Å². The van der Waals surface area contributed by atoms with Crippen molar-refractivity contribution >= 4 is 11.6 Å². The lowest BCUT2D eigenvalue weighted by molar-refractivity contribution is 0.0932. The van der Waals surface area contributed by atoms with E-state index in [1.807, 2.05) is 0 Å². The summed E-state index contributed by atoms with van der Waals surface area (Å²) in [7, 11) is 0. The predicted molar refractivity (Wildman–Crippen MR) is 62.9 cm³/mol. The molecule has 1 saturated carbocycles. The van der Waals surface area contributed by atoms with Crippen molar-refractivity contribution in [2.24, 2.45) is 5.92 Å². The summed E-state index contributed by atoms with van der Waals surface area (Å²) in [6.07, 6.45) is 4.88. The number of anilines is 1. The number of nitrogens with two attached hydrogens (primary N) is 1. The van der Waals surface area contributed by atoms with Crippen molar-refractivity contribution in [2.75, 3.05) is 5.73 Å². The summed E-state index contributed by atoms with van der Waals surface area (Å²) in [5.74, 6) is 0.588. The van der Waals surface area contributed by atoms with Crippen LogP contribution in [0.1, 0.15) is 36.7 Å². The van der Waals surface area contributed by atoms with Gasteiger partial charge in [-0.05, 0) is 37.3 Å². The van der Waals surface area contributed by atoms with Crippen molar-refractivity contribution in [3.8, 4) is 0 Å². The molecule has 16 heavy (non-hydrogen) atoms. The average Bonchev–Trinajstić information content (AvgIpc) is 2.64. The van der Waals surface area contributed by atoms with Crippen molar-refractivity contribution in [3.05, 3.63) is 24.0 Å². The Hall–Kier alpha value is -1.58. The smallest absolute Gasteiger partial charge is 0.270 e. The molecule has 1 aliphatic rings. The van der Waals surface area contributed by atoms with E-state index in [0.717, 1.165) is 12.8 Å². The van der Waals surface area contributed by atoms with Crippen molar-refractivity contribution in [2.45, 2.75) is 32.2 Å². The Balaban J connectivity index is 1.98. The predicted octanol–water partition coefficient (Wildman–Crippen LogP) is 1.58. The third-order valence-electron chi connectivity index (χ3n) is 3.05. The number of aromatic nitrogens is 1. The van der Waals surface area contributed by atoms with Crippen LogP contribution in [0.2, 0.25) is 0 Å². The van der Waals surface area contributed by atoms with Crippen LogP contribution in [-0.2, 0) is 0 Å². The van der Waals surface area contributed by atoms with Gasteiger partial charge in [-0.25, -0.2) is 0 Å². The molecule has 1 heterocycles. The van der Waals surface area contributed by atoms with Crippen LogP contribution in [0.3, 0.4) is 0 Å². The van der Waals surface area contributed by atoms with Gasteiger partial charge >= 0.3 is 0 Å². The van der Waals surface area contributed by atoms with E-state index in [1.54, 1.807) is 18.3 Å². The van der Waals surface area contributed by atoms with Gasteiger partial charge < -0.3 is 11.1 Å². The van der Waals surface area contributed by atoms with Crippen LogP contribution in [0.25, 0.3) is 0 Å². The van der Waals surface area contributed by atoms with Gasteiger partial charge in [0.1, 0.15) is 5.69 Å². The molecule has 1 aliphatic carbocycles. The summed E-state index contributed by atoms with van der Waals surface area (Å²) < 4.78 is 0. The van der Waals surface area contributed by atoms with Crippen LogP contribution in [0, 0.1) is 5.92 Å². The molecular formula is C12H17N3O. The Morgan fingerprint density at radius 3 is 3.00 bits per heavy atom. The molecule has 0 radical (unpaired) electrons. The molecule has 2 rings (SSSR count). The molecular weight excluding hydrogens is 202 g/mol. The standard InChI is InChI=1S/C12H17N3O/c1-8-2-3-10(6-8)15-12(16)11-7-9(13)4-5-14-11/h4-5,7-8,10H,2-3,6H2,1H3,(H2,13,14)(H,15,16). The average molecular weight is 219 g/mol. The first kappa shape index (κ1) is 10.9. The second-order valence-corrected chi connectivity index (χ2v) is 4.56. The minimum Gasteiger partial charge on any atom is -0.399 e. The highest BCUT2D eigenvalue weighted by atomic mass is 16.1. The molecule has 1 fully saturated rings. The van der Waals surface area contributed by atoms with Crippen LogP contribution in [0.15, 0.2) is 18.3 Å². The van der Waals surface area contributed by atoms with Gasteiger partial charge in [0.25, 0.3) is 5.91 Å². The van der Waals surface area contributed by atoms with Gasteiger partial charge in [0.05, 0.1) is 0 Å². The monoisotopic (exact) mass is 219 g/mol. The normalized spacial score (nSPS) is 24.3. The van der Waals surface area contributed by atoms with Gasteiger partial charge in [0, 0.05) is 17.9 Å². The van der Waals surface area contributed by atoms with E-state index >= 15 is 0 Å². The van der Waals surface area contributed by atoms with Gasteiger partial charge in [-0.2, -0.15) is 0 Å². The van der Waals surface area contributed by atoms with E-state index < -0.39 is 0 Å². The maximum Gasteiger partial charge on any atom is 0.270 e. The first-order valence-corrected chi connectivity index (χ1v) is 5.67. The van der Waals surface area contributed by atoms with Gasteiger partial charge in [-0.3, -0.25) is 9.78 Å². The summed E-state index contributed by atoms with van der Waals surface area (Å²) in [6, 6.07) is 3.58. The van der Waals surface area contributed by atoms with Crippen LogP contribution >= 0.6 is 0 Å². The fourth-order valence-electron chi connectivity index (χ4n) is 2.17. The van der Waals surface area contributed by atoms with E-state index in [4.69, 9.17) is 5.73 Å². The fraction of sp³-hybridized carbons (Fsp3) is 0.500. The maximum atomic E-state index is 11.8. The Kier molecular flexibility index (Phi) is 3.08. The molecule has 1 amide bonds. The molecule has 0 bridgehead atoms. The SMILES string of the molecule is CC1CCC(NC(=O)c2cc(N)ccn2)C1. The number of amides is 1. The zero-order valence-corrected chi connectivity index (χ0v) is 9.44. The number of pyridine rings is 1. The minimum atomic E-state index is -0.119.